The molecule has 0 bridgehead atoms. The first-order valence-corrected chi connectivity index (χ1v) is 10.1. The van der Waals surface area contributed by atoms with Crippen LogP contribution in [0.15, 0.2) is 42.5 Å². The monoisotopic (exact) mass is 410 g/mol. The summed E-state index contributed by atoms with van der Waals surface area (Å²) in [6.07, 6.45) is 1.02. The third-order valence-corrected chi connectivity index (χ3v) is 5.28. The van der Waals surface area contributed by atoms with Crippen LogP contribution >= 0.6 is 11.6 Å². The number of aromatic nitrogens is 2. The molecule has 29 heavy (non-hydrogen) atoms. The second-order valence-corrected chi connectivity index (χ2v) is 7.62. The van der Waals surface area contributed by atoms with Crippen LogP contribution in [0.1, 0.15) is 18.4 Å². The number of nitrogens with zero attached hydrogens (tertiary/aromatic N) is 4. The molecule has 6 nitrogen and oxygen atoms in total. The molecule has 0 N–H and O–H groups in total. The minimum Gasteiger partial charge on any atom is -0.493 e. The van der Waals surface area contributed by atoms with Crippen molar-refractivity contribution in [1.82, 2.24) is 9.97 Å². The van der Waals surface area contributed by atoms with Gasteiger partial charge < -0.3 is 9.64 Å². The van der Waals surface area contributed by atoms with E-state index < -0.39 is 0 Å². The van der Waals surface area contributed by atoms with E-state index in [4.69, 9.17) is 26.3 Å². The van der Waals surface area contributed by atoms with Crippen molar-refractivity contribution < 1.29 is 9.53 Å². The largest absolute Gasteiger partial charge is 0.493 e. The van der Waals surface area contributed by atoms with E-state index in [1.165, 1.54) is 0 Å². The number of rotatable bonds is 5. The highest BCUT2D eigenvalue weighted by Crippen LogP contribution is 2.31. The number of carbonyl (C=O) groups is 1. The first-order valence-electron chi connectivity index (χ1n) is 9.70. The lowest BCUT2D eigenvalue weighted by Crippen LogP contribution is -2.43. The molecule has 0 atom stereocenters. The zero-order valence-electron chi connectivity index (χ0n) is 16.6. The summed E-state index contributed by atoms with van der Waals surface area (Å²) in [6.45, 7) is 3.76. The molecule has 2 aromatic carbocycles. The summed E-state index contributed by atoms with van der Waals surface area (Å²) in [7, 11) is 1.98. The van der Waals surface area contributed by atoms with Gasteiger partial charge in [-0.3, -0.25) is 9.69 Å². The van der Waals surface area contributed by atoms with Crippen molar-refractivity contribution in [3.8, 4) is 5.75 Å². The number of anilines is 2. The van der Waals surface area contributed by atoms with E-state index in [9.17, 15) is 4.79 Å². The maximum atomic E-state index is 12.9. The smallest absolute Gasteiger partial charge is 0.228 e. The van der Waals surface area contributed by atoms with Crippen LogP contribution in [0.2, 0.25) is 5.02 Å². The van der Waals surface area contributed by atoms with E-state index in [2.05, 4.69) is 0 Å². The summed E-state index contributed by atoms with van der Waals surface area (Å²) in [5.41, 5.74) is 2.61. The van der Waals surface area contributed by atoms with Crippen LogP contribution in [-0.4, -0.2) is 42.6 Å². The molecule has 0 saturated heterocycles. The number of aryl methyl sites for hydroxylation is 1. The van der Waals surface area contributed by atoms with Crippen LogP contribution < -0.4 is 14.5 Å². The third-order valence-electron chi connectivity index (χ3n) is 5.04. The molecule has 1 aliphatic rings. The van der Waals surface area contributed by atoms with Crippen molar-refractivity contribution in [3.05, 3.63) is 53.1 Å². The summed E-state index contributed by atoms with van der Waals surface area (Å²) < 4.78 is 5.81. The van der Waals surface area contributed by atoms with Gasteiger partial charge in [-0.2, -0.15) is 0 Å². The Morgan fingerprint density at radius 1 is 1.10 bits per heavy atom. The van der Waals surface area contributed by atoms with Gasteiger partial charge in [0, 0.05) is 31.6 Å². The Balaban J connectivity index is 1.43. The van der Waals surface area contributed by atoms with Gasteiger partial charge in [0.2, 0.25) is 5.91 Å². The van der Waals surface area contributed by atoms with Gasteiger partial charge in [-0.25, -0.2) is 9.97 Å². The molecule has 0 unspecified atom stereocenters. The van der Waals surface area contributed by atoms with Crippen molar-refractivity contribution in [2.75, 3.05) is 36.5 Å². The van der Waals surface area contributed by atoms with Crippen molar-refractivity contribution >= 4 is 40.2 Å². The summed E-state index contributed by atoms with van der Waals surface area (Å²) in [5, 5.41) is 0.687. The number of fused-ring (bicyclic) bond motifs is 2. The normalized spacial score (nSPS) is 13.5. The van der Waals surface area contributed by atoms with Crippen molar-refractivity contribution in [3.63, 3.8) is 0 Å². The number of hydrogen-bond acceptors (Lipinski definition) is 5. The molecule has 1 aromatic heterocycles. The van der Waals surface area contributed by atoms with Gasteiger partial charge in [-0.05, 0) is 49.2 Å². The molecule has 1 aliphatic heterocycles. The van der Waals surface area contributed by atoms with Gasteiger partial charge in [0.1, 0.15) is 5.75 Å². The van der Waals surface area contributed by atoms with Crippen LogP contribution in [-0.2, 0) is 4.79 Å². The second-order valence-electron chi connectivity index (χ2n) is 7.19. The number of halogens is 1. The zero-order valence-corrected chi connectivity index (χ0v) is 17.3. The Hall–Kier alpha value is -2.86. The summed E-state index contributed by atoms with van der Waals surface area (Å²) in [4.78, 5) is 26.1. The second kappa shape index (κ2) is 8.25. The molecule has 150 valence electrons. The molecule has 1 amide bonds. The van der Waals surface area contributed by atoms with E-state index in [1.807, 2.05) is 55.3 Å². The van der Waals surface area contributed by atoms with E-state index in [1.54, 1.807) is 11.0 Å². The average molecular weight is 411 g/mol. The highest BCUT2D eigenvalue weighted by atomic mass is 35.5. The lowest BCUT2D eigenvalue weighted by atomic mass is 10.2. The van der Waals surface area contributed by atoms with Gasteiger partial charge in [0.25, 0.3) is 0 Å². The first kappa shape index (κ1) is 19.5. The fraction of sp³-hybridized carbons (Fsp3) is 0.318. The topological polar surface area (TPSA) is 58.6 Å². The maximum Gasteiger partial charge on any atom is 0.228 e. The molecule has 0 spiro atoms. The van der Waals surface area contributed by atoms with Crippen LogP contribution in [0.25, 0.3) is 11.0 Å². The molecule has 7 heteroatoms. The van der Waals surface area contributed by atoms with Crippen LogP contribution in [0.5, 0.6) is 5.75 Å². The number of para-hydroxylation sites is 2. The maximum absolute atomic E-state index is 12.9. The molecule has 0 radical (unpaired) electrons. The standard InChI is InChI=1S/C22H23ClN4O2/c1-15-14-16(23)9-10-19(15)29-13-5-8-20(28)27-12-11-26(2)21-22(27)25-18-7-4-3-6-17(18)24-21/h3-4,6-7,9-10,14H,5,8,11-13H2,1-2H3. The number of likely N-dealkylation sites (N-methyl/N-ethyl adjacent to an activating group) is 1. The van der Waals surface area contributed by atoms with Crippen molar-refractivity contribution in [2.24, 2.45) is 0 Å². The summed E-state index contributed by atoms with van der Waals surface area (Å²) in [6, 6.07) is 13.3. The van der Waals surface area contributed by atoms with Crippen LogP contribution in [0.4, 0.5) is 11.6 Å². The van der Waals surface area contributed by atoms with E-state index in [-0.39, 0.29) is 5.91 Å². The fourth-order valence-corrected chi connectivity index (χ4v) is 3.67. The predicted octanol–water partition coefficient (Wildman–Crippen LogP) is 4.23. The van der Waals surface area contributed by atoms with Crippen molar-refractivity contribution in [1.29, 1.82) is 0 Å². The highest BCUT2D eigenvalue weighted by Gasteiger charge is 2.28. The zero-order chi connectivity index (χ0) is 20.4. The van der Waals surface area contributed by atoms with Gasteiger partial charge in [0.05, 0.1) is 17.6 Å². The third kappa shape index (κ3) is 4.12. The van der Waals surface area contributed by atoms with E-state index >= 15 is 0 Å². The molecule has 0 aliphatic carbocycles. The Morgan fingerprint density at radius 2 is 1.83 bits per heavy atom. The highest BCUT2D eigenvalue weighted by molar-refractivity contribution is 6.30. The van der Waals surface area contributed by atoms with Crippen LogP contribution in [0.3, 0.4) is 0 Å². The minimum absolute atomic E-state index is 0.0420. The summed E-state index contributed by atoms with van der Waals surface area (Å²) >= 11 is 5.97. The Bertz CT molecular complexity index is 1060. The molecule has 2 heterocycles. The Labute approximate surface area is 175 Å². The van der Waals surface area contributed by atoms with Gasteiger partial charge >= 0.3 is 0 Å². The Morgan fingerprint density at radius 3 is 2.55 bits per heavy atom. The number of carbonyl (C=O) groups excluding carboxylic acids is 1. The SMILES string of the molecule is Cc1cc(Cl)ccc1OCCCC(=O)N1CCN(C)c2nc3ccccc3nc21. The summed E-state index contributed by atoms with van der Waals surface area (Å²) in [5.74, 6) is 2.22. The number of ether oxygens (including phenoxy) is 1. The van der Waals surface area contributed by atoms with Crippen molar-refractivity contribution in [2.45, 2.75) is 19.8 Å². The minimum atomic E-state index is 0.0420. The fourth-order valence-electron chi connectivity index (χ4n) is 3.44. The Kier molecular flexibility index (Phi) is 5.53. The quantitative estimate of drug-likeness (QED) is 0.589. The van der Waals surface area contributed by atoms with Gasteiger partial charge in [-0.1, -0.05) is 23.7 Å². The molecule has 0 fully saturated rings. The van der Waals surface area contributed by atoms with Gasteiger partial charge in [0.15, 0.2) is 11.6 Å². The number of amides is 1. The average Bonchev–Trinajstić information content (AvgIpc) is 2.71. The molecule has 4 rings (SSSR count). The molecular weight excluding hydrogens is 388 g/mol. The molecule has 3 aromatic rings. The van der Waals surface area contributed by atoms with Crippen LogP contribution in [0, 0.1) is 6.92 Å². The van der Waals surface area contributed by atoms with E-state index in [0.717, 1.165) is 34.7 Å². The lowest BCUT2D eigenvalue weighted by molar-refractivity contribution is -0.118. The number of benzene rings is 2. The lowest BCUT2D eigenvalue weighted by Gasteiger charge is -2.33. The molecule has 0 saturated carbocycles. The van der Waals surface area contributed by atoms with Gasteiger partial charge in [-0.15, -0.1) is 0 Å². The van der Waals surface area contributed by atoms with E-state index in [0.29, 0.717) is 36.8 Å². The predicted molar refractivity (Wildman–Crippen MR) is 116 cm³/mol. The first-order chi connectivity index (χ1) is 14.0. The number of hydrogen-bond donors (Lipinski definition) is 0. The molecular formula is C22H23ClN4O2.